The number of benzene rings is 3. The van der Waals surface area contributed by atoms with Gasteiger partial charge in [-0.25, -0.2) is 9.59 Å². The van der Waals surface area contributed by atoms with Crippen molar-refractivity contribution in [2.45, 2.75) is 78.2 Å². The first-order valence-corrected chi connectivity index (χ1v) is 16.9. The van der Waals surface area contributed by atoms with Crippen LogP contribution in [0.5, 0.6) is 5.75 Å². The van der Waals surface area contributed by atoms with Gasteiger partial charge in [0.15, 0.2) is 0 Å². The van der Waals surface area contributed by atoms with Gasteiger partial charge in [-0.1, -0.05) is 43.3 Å². The lowest BCUT2D eigenvalue weighted by Gasteiger charge is -2.35. The largest absolute Gasteiger partial charge is 0.490 e. The molecule has 0 radical (unpaired) electrons. The normalized spacial score (nSPS) is 19.9. The van der Waals surface area contributed by atoms with Gasteiger partial charge < -0.3 is 40.3 Å². The summed E-state index contributed by atoms with van der Waals surface area (Å²) in [5.74, 6) is -0.128. The predicted octanol–water partition coefficient (Wildman–Crippen LogP) is 6.33. The number of hydrogen-bond donors (Lipinski definition) is 4. The van der Waals surface area contributed by atoms with Gasteiger partial charge in [0, 0.05) is 49.8 Å². The molecule has 0 saturated carbocycles. The Morgan fingerprint density at radius 1 is 1.02 bits per heavy atom. The highest BCUT2D eigenvalue weighted by molar-refractivity contribution is 6.01. The first-order valence-electron chi connectivity index (χ1n) is 16.9. The second-order valence-electron chi connectivity index (χ2n) is 13.1. The van der Waals surface area contributed by atoms with Crippen LogP contribution in [0.2, 0.25) is 0 Å². The smallest absolute Gasteiger partial charge is 0.321 e. The Hall–Kier alpha value is -4.35. The van der Waals surface area contributed by atoms with Crippen LogP contribution in [0.3, 0.4) is 0 Å². The van der Waals surface area contributed by atoms with Gasteiger partial charge in [0.05, 0.1) is 36.1 Å². The van der Waals surface area contributed by atoms with Crippen LogP contribution in [-0.2, 0) is 4.74 Å². The molecule has 0 saturated heterocycles. The zero-order valence-corrected chi connectivity index (χ0v) is 29.0. The summed E-state index contributed by atoms with van der Waals surface area (Å²) in [5.41, 5.74) is 1.46. The number of aliphatic hydroxyl groups excluding tert-OH is 1. The van der Waals surface area contributed by atoms with E-state index in [9.17, 15) is 19.5 Å². The molecule has 0 aromatic heterocycles. The molecular formula is C37H51N5O6. The van der Waals surface area contributed by atoms with Gasteiger partial charge >= 0.3 is 12.1 Å². The summed E-state index contributed by atoms with van der Waals surface area (Å²) in [4.78, 5) is 43.4. The number of carbonyl (C=O) groups excluding carboxylic acids is 3. The summed E-state index contributed by atoms with van der Waals surface area (Å²) in [7, 11) is 1.74. The molecule has 0 aliphatic carbocycles. The number of ether oxygens (including phenoxy) is 2. The number of nitrogens with zero attached hydrogens (tertiary/aromatic N) is 2. The molecule has 11 heteroatoms. The number of carbonyl (C=O) groups is 3. The van der Waals surface area contributed by atoms with Crippen molar-refractivity contribution >= 4 is 40.1 Å². The zero-order valence-electron chi connectivity index (χ0n) is 29.0. The standard InChI is InChI=1S/C37H51N5O6/c1-24(2)38-36(45)39-29-17-18-33-31(20-29)35(44)42(26(4)23-43)21-25(3)34(47-19-10-9-12-27(5)48-33)22-41(6)37(46)40-32-16-11-14-28-13-7-8-15-30(28)32/h7-8,11,13-18,20,24-27,34,43H,9-10,12,19,21-23H2,1-6H3,(H,40,46)(H2,38,39,45)/t25-,26+,27-,34-/m1/s1. The number of fused-ring (bicyclic) bond motifs is 2. The van der Waals surface area contributed by atoms with E-state index in [4.69, 9.17) is 9.47 Å². The monoisotopic (exact) mass is 661 g/mol. The fourth-order valence-electron chi connectivity index (χ4n) is 5.79. The second kappa shape index (κ2) is 17.2. The molecule has 3 aromatic carbocycles. The SMILES string of the molecule is CC(C)NC(=O)Nc1ccc2c(c1)C(=O)N([C@@H](C)CO)C[C@@H](C)[C@@H](CN(C)C(=O)Nc1cccc3ccccc13)OCCCC[C@@H](C)O2. The van der Waals surface area contributed by atoms with Gasteiger partial charge in [0.2, 0.25) is 0 Å². The lowest BCUT2D eigenvalue weighted by atomic mass is 10.0. The van der Waals surface area contributed by atoms with Gasteiger partial charge in [0.25, 0.3) is 5.91 Å². The Morgan fingerprint density at radius 3 is 2.52 bits per heavy atom. The summed E-state index contributed by atoms with van der Waals surface area (Å²) in [6.45, 7) is 10.3. The highest BCUT2D eigenvalue weighted by Crippen LogP contribution is 2.29. The number of anilines is 2. The first-order chi connectivity index (χ1) is 23.0. The van der Waals surface area contributed by atoms with Gasteiger partial charge in [-0.05, 0) is 76.6 Å². The molecule has 1 aliphatic rings. The molecule has 4 rings (SSSR count). The third kappa shape index (κ3) is 9.84. The van der Waals surface area contributed by atoms with E-state index < -0.39 is 12.1 Å². The van der Waals surface area contributed by atoms with Crippen molar-refractivity contribution in [1.82, 2.24) is 15.1 Å². The molecule has 0 unspecified atom stereocenters. The quantitative estimate of drug-likeness (QED) is 0.234. The minimum atomic E-state index is -0.521. The highest BCUT2D eigenvalue weighted by Gasteiger charge is 2.31. The van der Waals surface area contributed by atoms with Gasteiger partial charge in [-0.3, -0.25) is 4.79 Å². The third-order valence-corrected chi connectivity index (χ3v) is 8.56. The van der Waals surface area contributed by atoms with E-state index in [1.165, 1.54) is 0 Å². The Morgan fingerprint density at radius 2 is 1.77 bits per heavy atom. The van der Waals surface area contributed by atoms with E-state index in [2.05, 4.69) is 16.0 Å². The maximum absolute atomic E-state index is 14.3. The molecule has 0 bridgehead atoms. The lowest BCUT2D eigenvalue weighted by Crippen LogP contribution is -2.48. The molecule has 3 aromatic rings. The van der Waals surface area contributed by atoms with Crippen molar-refractivity contribution in [2.24, 2.45) is 5.92 Å². The number of amides is 5. The number of hydrogen-bond acceptors (Lipinski definition) is 6. The van der Waals surface area contributed by atoms with Crippen LogP contribution < -0.4 is 20.7 Å². The Balaban J connectivity index is 1.58. The van der Waals surface area contributed by atoms with Gasteiger partial charge in [-0.15, -0.1) is 0 Å². The van der Waals surface area contributed by atoms with Crippen molar-refractivity contribution in [2.75, 3.05) is 44.0 Å². The van der Waals surface area contributed by atoms with E-state index in [1.54, 1.807) is 42.0 Å². The number of rotatable bonds is 7. The van der Waals surface area contributed by atoms with Crippen LogP contribution in [0, 0.1) is 5.92 Å². The average Bonchev–Trinajstić information content (AvgIpc) is 3.05. The van der Waals surface area contributed by atoms with Crippen LogP contribution in [-0.4, -0.2) is 90.5 Å². The van der Waals surface area contributed by atoms with Crippen LogP contribution in [0.1, 0.15) is 64.2 Å². The number of urea groups is 2. The molecule has 48 heavy (non-hydrogen) atoms. The molecule has 4 N–H and O–H groups in total. The zero-order chi connectivity index (χ0) is 34.8. The number of likely N-dealkylation sites (N-methyl/N-ethyl adjacent to an activating group) is 1. The molecule has 1 heterocycles. The van der Waals surface area contributed by atoms with E-state index >= 15 is 0 Å². The minimum absolute atomic E-state index is 0.0611. The molecule has 1 aliphatic heterocycles. The molecule has 4 atom stereocenters. The highest BCUT2D eigenvalue weighted by atomic mass is 16.5. The van der Waals surface area contributed by atoms with Crippen molar-refractivity contribution in [3.63, 3.8) is 0 Å². The van der Waals surface area contributed by atoms with Crippen molar-refractivity contribution in [3.8, 4) is 5.75 Å². The Kier molecular flexibility index (Phi) is 13.0. The fourth-order valence-corrected chi connectivity index (χ4v) is 5.79. The van der Waals surface area contributed by atoms with Crippen LogP contribution in [0.4, 0.5) is 21.0 Å². The Bertz CT molecular complexity index is 1540. The first kappa shape index (κ1) is 36.5. The van der Waals surface area contributed by atoms with Crippen LogP contribution in [0.25, 0.3) is 10.8 Å². The molecule has 11 nitrogen and oxygen atoms in total. The summed E-state index contributed by atoms with van der Waals surface area (Å²) in [6.07, 6.45) is 1.84. The molecular weight excluding hydrogens is 610 g/mol. The fraction of sp³-hybridized carbons (Fsp3) is 0.486. The number of aliphatic hydroxyl groups is 1. The van der Waals surface area contributed by atoms with Crippen molar-refractivity contribution in [3.05, 3.63) is 66.2 Å². The summed E-state index contributed by atoms with van der Waals surface area (Å²) in [6, 6.07) is 17.5. The lowest BCUT2D eigenvalue weighted by molar-refractivity contribution is -0.0115. The average molecular weight is 662 g/mol. The van der Waals surface area contributed by atoms with Crippen molar-refractivity contribution in [1.29, 1.82) is 0 Å². The molecule has 5 amide bonds. The molecule has 0 spiro atoms. The summed E-state index contributed by atoms with van der Waals surface area (Å²) in [5, 5.41) is 20.9. The van der Waals surface area contributed by atoms with E-state index in [-0.39, 0.29) is 54.7 Å². The van der Waals surface area contributed by atoms with Crippen LogP contribution >= 0.6 is 0 Å². The van der Waals surface area contributed by atoms with E-state index in [1.807, 2.05) is 70.2 Å². The third-order valence-electron chi connectivity index (χ3n) is 8.56. The minimum Gasteiger partial charge on any atom is -0.490 e. The molecule has 0 fully saturated rings. The summed E-state index contributed by atoms with van der Waals surface area (Å²) < 4.78 is 12.7. The maximum atomic E-state index is 14.3. The Labute approximate surface area is 284 Å². The van der Waals surface area contributed by atoms with Gasteiger partial charge in [0.1, 0.15) is 5.75 Å². The maximum Gasteiger partial charge on any atom is 0.321 e. The van der Waals surface area contributed by atoms with E-state index in [0.29, 0.717) is 24.6 Å². The number of nitrogens with one attached hydrogen (secondary N) is 3. The topological polar surface area (TPSA) is 132 Å². The second-order valence-corrected chi connectivity index (χ2v) is 13.1. The summed E-state index contributed by atoms with van der Waals surface area (Å²) >= 11 is 0. The van der Waals surface area contributed by atoms with Crippen LogP contribution in [0.15, 0.2) is 60.7 Å². The molecule has 260 valence electrons. The van der Waals surface area contributed by atoms with Gasteiger partial charge in [-0.2, -0.15) is 0 Å². The predicted molar refractivity (Wildman–Crippen MR) is 190 cm³/mol. The van der Waals surface area contributed by atoms with E-state index in [0.717, 1.165) is 35.7 Å². The van der Waals surface area contributed by atoms with Crippen molar-refractivity contribution < 1.29 is 29.0 Å².